The van der Waals surface area contributed by atoms with E-state index in [0.717, 1.165) is 5.56 Å². The third-order valence-electron chi connectivity index (χ3n) is 3.84. The molecular formula is C21H17Cl2NO3S2. The fraction of sp³-hybridized carbons (Fsp3) is 0.143. The Hall–Kier alpha value is -1.99. The van der Waals surface area contributed by atoms with Gasteiger partial charge in [0.05, 0.1) is 9.93 Å². The zero-order valence-corrected chi connectivity index (χ0v) is 18.4. The molecule has 4 nitrogen and oxygen atoms in total. The minimum Gasteiger partial charge on any atom is -0.490 e. The molecule has 1 saturated heterocycles. The largest absolute Gasteiger partial charge is 0.490 e. The fourth-order valence-electron chi connectivity index (χ4n) is 2.54. The smallest absolute Gasteiger partial charge is 0.266 e. The van der Waals surface area contributed by atoms with Gasteiger partial charge < -0.3 is 9.47 Å². The highest BCUT2D eigenvalue weighted by Gasteiger charge is 2.30. The summed E-state index contributed by atoms with van der Waals surface area (Å²) in [6.07, 6.45) is 3.46. The van der Waals surface area contributed by atoms with Crippen molar-refractivity contribution in [3.8, 4) is 11.5 Å². The van der Waals surface area contributed by atoms with Crippen molar-refractivity contribution in [2.45, 2.75) is 0 Å². The number of rotatable bonds is 8. The van der Waals surface area contributed by atoms with Crippen molar-refractivity contribution in [2.75, 3.05) is 19.8 Å². The first-order valence-electron chi connectivity index (χ1n) is 8.65. The SMILES string of the molecule is C=CCN1C(=O)C(=Cc2cccc(OCCOc3ccc(Cl)cc3Cl)c2)SC1=S. The molecule has 1 amide bonds. The highest BCUT2D eigenvalue weighted by atomic mass is 35.5. The maximum atomic E-state index is 12.4. The van der Waals surface area contributed by atoms with Crippen molar-refractivity contribution in [1.82, 2.24) is 4.90 Å². The van der Waals surface area contributed by atoms with Crippen molar-refractivity contribution in [1.29, 1.82) is 0 Å². The van der Waals surface area contributed by atoms with E-state index < -0.39 is 0 Å². The first-order chi connectivity index (χ1) is 14.0. The summed E-state index contributed by atoms with van der Waals surface area (Å²) in [6, 6.07) is 12.5. The molecule has 8 heteroatoms. The quantitative estimate of drug-likeness (QED) is 0.212. The molecule has 0 N–H and O–H groups in total. The Balaban J connectivity index is 1.58. The Morgan fingerprint density at radius 2 is 1.93 bits per heavy atom. The Labute approximate surface area is 189 Å². The molecule has 0 atom stereocenters. The van der Waals surface area contributed by atoms with Gasteiger partial charge in [-0.05, 0) is 42.0 Å². The summed E-state index contributed by atoms with van der Waals surface area (Å²) in [7, 11) is 0. The average Bonchev–Trinajstić information content (AvgIpc) is 2.95. The number of hydrogen-bond acceptors (Lipinski definition) is 5. The Morgan fingerprint density at radius 3 is 2.69 bits per heavy atom. The van der Waals surface area contributed by atoms with Gasteiger partial charge in [-0.2, -0.15) is 0 Å². The van der Waals surface area contributed by atoms with Crippen LogP contribution in [0.25, 0.3) is 6.08 Å². The summed E-state index contributed by atoms with van der Waals surface area (Å²) < 4.78 is 11.9. The Bertz CT molecular complexity index is 978. The van der Waals surface area contributed by atoms with E-state index >= 15 is 0 Å². The molecule has 0 aliphatic carbocycles. The molecule has 2 aromatic carbocycles. The molecule has 3 rings (SSSR count). The third-order valence-corrected chi connectivity index (χ3v) is 5.75. The second-order valence-corrected chi connectivity index (χ2v) is 8.44. The number of thiocarbonyl (C=S) groups is 1. The maximum absolute atomic E-state index is 12.4. The monoisotopic (exact) mass is 465 g/mol. The third kappa shape index (κ3) is 5.76. The molecule has 1 heterocycles. The molecule has 0 spiro atoms. The van der Waals surface area contributed by atoms with Gasteiger partial charge in [-0.1, -0.05) is 65.4 Å². The fourth-order valence-corrected chi connectivity index (χ4v) is 4.27. The molecule has 0 bridgehead atoms. The summed E-state index contributed by atoms with van der Waals surface area (Å²) in [5.74, 6) is 1.11. The number of carbonyl (C=O) groups excluding carboxylic acids is 1. The summed E-state index contributed by atoms with van der Waals surface area (Å²) >= 11 is 18.5. The van der Waals surface area contributed by atoms with Gasteiger partial charge in [0.1, 0.15) is 29.0 Å². The standard InChI is InChI=1S/C21H17Cl2NO3S2/c1-2-8-24-20(25)19(29-21(24)28)12-14-4-3-5-16(11-14)26-9-10-27-18-7-6-15(22)13-17(18)23/h2-7,11-13H,1,8-10H2. The Kier molecular flexibility index (Phi) is 7.61. The average molecular weight is 466 g/mol. The number of nitrogens with zero attached hydrogens (tertiary/aromatic N) is 1. The van der Waals surface area contributed by atoms with Crippen LogP contribution < -0.4 is 9.47 Å². The van der Waals surface area contributed by atoms with Gasteiger partial charge in [-0.25, -0.2) is 0 Å². The zero-order valence-electron chi connectivity index (χ0n) is 15.3. The van der Waals surface area contributed by atoms with Crippen molar-refractivity contribution in [2.24, 2.45) is 0 Å². The first-order valence-corrected chi connectivity index (χ1v) is 10.6. The van der Waals surface area contributed by atoms with Gasteiger partial charge >= 0.3 is 0 Å². The van der Waals surface area contributed by atoms with Gasteiger partial charge in [-0.3, -0.25) is 9.69 Å². The molecule has 0 aromatic heterocycles. The van der Waals surface area contributed by atoms with E-state index in [9.17, 15) is 4.79 Å². The van der Waals surface area contributed by atoms with E-state index in [2.05, 4.69) is 6.58 Å². The topological polar surface area (TPSA) is 38.8 Å². The molecular weight excluding hydrogens is 449 g/mol. The minimum atomic E-state index is -0.112. The Morgan fingerprint density at radius 1 is 1.14 bits per heavy atom. The van der Waals surface area contributed by atoms with Crippen LogP contribution in [0.4, 0.5) is 0 Å². The van der Waals surface area contributed by atoms with Crippen LogP contribution in [0.3, 0.4) is 0 Å². The first kappa shape index (κ1) is 21.7. The van der Waals surface area contributed by atoms with E-state index in [1.165, 1.54) is 16.7 Å². The minimum absolute atomic E-state index is 0.112. The predicted octanol–water partition coefficient (Wildman–Crippen LogP) is 5.84. The lowest BCUT2D eigenvalue weighted by molar-refractivity contribution is -0.121. The number of thioether (sulfide) groups is 1. The van der Waals surface area contributed by atoms with E-state index in [4.69, 9.17) is 44.9 Å². The van der Waals surface area contributed by atoms with Crippen LogP contribution in [-0.4, -0.2) is 34.9 Å². The van der Waals surface area contributed by atoms with E-state index in [0.29, 0.717) is 50.5 Å². The highest BCUT2D eigenvalue weighted by molar-refractivity contribution is 8.26. The zero-order chi connectivity index (χ0) is 20.8. The van der Waals surface area contributed by atoms with Gasteiger partial charge in [-0.15, -0.1) is 6.58 Å². The van der Waals surface area contributed by atoms with Crippen LogP contribution in [0.15, 0.2) is 60.0 Å². The van der Waals surface area contributed by atoms with Crippen LogP contribution in [0.1, 0.15) is 5.56 Å². The maximum Gasteiger partial charge on any atom is 0.266 e. The van der Waals surface area contributed by atoms with Crippen LogP contribution in [0.5, 0.6) is 11.5 Å². The summed E-state index contributed by atoms with van der Waals surface area (Å²) in [5.41, 5.74) is 0.850. The molecule has 1 fully saturated rings. The number of ether oxygens (including phenoxy) is 2. The molecule has 1 aliphatic heterocycles. The van der Waals surface area contributed by atoms with Gasteiger partial charge in [0.15, 0.2) is 0 Å². The molecule has 1 aliphatic rings. The van der Waals surface area contributed by atoms with Crippen molar-refractivity contribution >= 4 is 63.5 Å². The number of carbonyl (C=O) groups is 1. The van der Waals surface area contributed by atoms with Crippen LogP contribution in [0, 0.1) is 0 Å². The lowest BCUT2D eigenvalue weighted by atomic mass is 10.2. The van der Waals surface area contributed by atoms with Crippen molar-refractivity contribution in [3.63, 3.8) is 0 Å². The van der Waals surface area contributed by atoms with E-state index in [1.54, 1.807) is 30.4 Å². The van der Waals surface area contributed by atoms with Crippen molar-refractivity contribution in [3.05, 3.63) is 75.6 Å². The number of benzene rings is 2. The predicted molar refractivity (Wildman–Crippen MR) is 124 cm³/mol. The van der Waals surface area contributed by atoms with Crippen LogP contribution in [-0.2, 0) is 4.79 Å². The molecule has 0 saturated carbocycles. The van der Waals surface area contributed by atoms with E-state index in [-0.39, 0.29) is 5.91 Å². The molecule has 0 radical (unpaired) electrons. The molecule has 2 aromatic rings. The van der Waals surface area contributed by atoms with Gasteiger partial charge in [0.25, 0.3) is 5.91 Å². The number of hydrogen-bond donors (Lipinski definition) is 0. The van der Waals surface area contributed by atoms with Crippen molar-refractivity contribution < 1.29 is 14.3 Å². The lowest BCUT2D eigenvalue weighted by Gasteiger charge is -2.10. The van der Waals surface area contributed by atoms with Gasteiger partial charge in [0.2, 0.25) is 0 Å². The van der Waals surface area contributed by atoms with Gasteiger partial charge in [0, 0.05) is 11.6 Å². The number of halogens is 2. The van der Waals surface area contributed by atoms with Crippen LogP contribution in [0.2, 0.25) is 10.0 Å². The summed E-state index contributed by atoms with van der Waals surface area (Å²) in [6.45, 7) is 4.72. The number of amides is 1. The second kappa shape index (κ2) is 10.2. The molecule has 150 valence electrons. The van der Waals surface area contributed by atoms with E-state index in [1.807, 2.05) is 24.3 Å². The normalized spacial score (nSPS) is 15.1. The van der Waals surface area contributed by atoms with Crippen LogP contribution >= 0.6 is 47.2 Å². The summed E-state index contributed by atoms with van der Waals surface area (Å²) in [4.78, 5) is 14.5. The summed E-state index contributed by atoms with van der Waals surface area (Å²) in [5, 5.41) is 1.00. The lowest BCUT2D eigenvalue weighted by Crippen LogP contribution is -2.27. The highest BCUT2D eigenvalue weighted by Crippen LogP contribution is 2.33. The molecule has 29 heavy (non-hydrogen) atoms. The molecule has 0 unspecified atom stereocenters. The second-order valence-electron chi connectivity index (χ2n) is 5.93.